The average molecular weight is 264 g/mol. The van der Waals surface area contributed by atoms with Crippen molar-refractivity contribution < 1.29 is 0 Å². The second kappa shape index (κ2) is 6.58. The maximum absolute atomic E-state index is 6.32. The molecule has 0 bridgehead atoms. The number of thioether (sulfide) groups is 1. The Kier molecular flexibility index (Phi) is 5.07. The van der Waals surface area contributed by atoms with E-state index >= 15 is 0 Å². The third-order valence-electron chi connectivity index (χ3n) is 3.75. The second-order valence-corrected chi connectivity index (χ2v) is 6.54. The molecule has 1 aliphatic carbocycles. The Balaban J connectivity index is 1.86. The van der Waals surface area contributed by atoms with E-state index in [0.717, 1.165) is 22.4 Å². The van der Waals surface area contributed by atoms with Gasteiger partial charge < -0.3 is 5.73 Å². The van der Waals surface area contributed by atoms with Crippen molar-refractivity contribution in [1.29, 1.82) is 0 Å². The van der Waals surface area contributed by atoms with Gasteiger partial charge in [0.25, 0.3) is 0 Å². The summed E-state index contributed by atoms with van der Waals surface area (Å²) in [7, 11) is 0. The van der Waals surface area contributed by atoms with Gasteiger partial charge in [-0.1, -0.05) is 19.3 Å². The van der Waals surface area contributed by atoms with E-state index in [2.05, 4.69) is 31.0 Å². The zero-order chi connectivity index (χ0) is 13.0. The normalized spacial score (nSPS) is 18.8. The molecule has 0 spiro atoms. The maximum Gasteiger partial charge on any atom is 0.0966 e. The summed E-state index contributed by atoms with van der Waals surface area (Å²) in [5.74, 6) is 1.73. The molecule has 1 atom stereocenters. The second-order valence-electron chi connectivity index (χ2n) is 5.50. The molecule has 0 amide bonds. The van der Waals surface area contributed by atoms with Crippen molar-refractivity contribution in [3.05, 3.63) is 23.4 Å². The van der Waals surface area contributed by atoms with Crippen molar-refractivity contribution in [3.8, 4) is 0 Å². The molecule has 0 saturated heterocycles. The maximum atomic E-state index is 6.32. The van der Waals surface area contributed by atoms with Gasteiger partial charge in [-0.05, 0) is 50.3 Å². The number of hydrogen-bond acceptors (Lipinski definition) is 3. The number of aromatic nitrogens is 1. The van der Waals surface area contributed by atoms with E-state index in [9.17, 15) is 0 Å². The van der Waals surface area contributed by atoms with Crippen LogP contribution in [0.25, 0.3) is 0 Å². The van der Waals surface area contributed by atoms with E-state index in [-0.39, 0.29) is 0 Å². The fourth-order valence-corrected chi connectivity index (χ4v) is 3.87. The van der Waals surface area contributed by atoms with Gasteiger partial charge in [-0.15, -0.1) is 11.8 Å². The topological polar surface area (TPSA) is 38.9 Å². The van der Waals surface area contributed by atoms with Crippen LogP contribution in [0.2, 0.25) is 0 Å². The number of nitrogens with zero attached hydrogens (tertiary/aromatic N) is 1. The summed E-state index contributed by atoms with van der Waals surface area (Å²) < 4.78 is 0. The van der Waals surface area contributed by atoms with E-state index in [0.29, 0.717) is 6.04 Å². The zero-order valence-electron chi connectivity index (χ0n) is 11.5. The molecular formula is C15H24N2S. The minimum atomic E-state index is 0.331. The molecule has 1 aromatic rings. The summed E-state index contributed by atoms with van der Waals surface area (Å²) in [4.78, 5) is 4.56. The largest absolute Gasteiger partial charge is 0.327 e. The first-order valence-electron chi connectivity index (χ1n) is 6.99. The van der Waals surface area contributed by atoms with Gasteiger partial charge in [0.05, 0.1) is 5.03 Å². The van der Waals surface area contributed by atoms with Crippen LogP contribution in [-0.2, 0) is 0 Å². The molecule has 1 heterocycles. The quantitative estimate of drug-likeness (QED) is 0.843. The smallest absolute Gasteiger partial charge is 0.0966 e. The summed E-state index contributed by atoms with van der Waals surface area (Å²) in [6, 6.07) is 4.61. The Morgan fingerprint density at radius 1 is 1.28 bits per heavy atom. The van der Waals surface area contributed by atoms with Gasteiger partial charge >= 0.3 is 0 Å². The van der Waals surface area contributed by atoms with Crippen molar-refractivity contribution in [2.24, 2.45) is 11.7 Å². The molecular weight excluding hydrogens is 240 g/mol. The summed E-state index contributed by atoms with van der Waals surface area (Å²) >= 11 is 1.81. The van der Waals surface area contributed by atoms with Crippen LogP contribution in [0.1, 0.15) is 43.4 Å². The minimum absolute atomic E-state index is 0.331. The number of hydrogen-bond donors (Lipinski definition) is 1. The highest BCUT2D eigenvalue weighted by Gasteiger charge is 2.20. The molecule has 2 rings (SSSR count). The Hall–Kier alpha value is -0.540. The summed E-state index contributed by atoms with van der Waals surface area (Å²) in [6.07, 6.45) is 6.77. The number of aryl methyl sites for hydroxylation is 2. The van der Waals surface area contributed by atoms with Gasteiger partial charge in [0.2, 0.25) is 0 Å². The molecule has 3 heteroatoms. The van der Waals surface area contributed by atoms with Crippen LogP contribution in [0.15, 0.2) is 17.2 Å². The Bertz CT molecular complexity index is 366. The van der Waals surface area contributed by atoms with Crippen LogP contribution in [0.3, 0.4) is 0 Å². The summed E-state index contributed by atoms with van der Waals surface area (Å²) in [5, 5.41) is 1.12. The molecule has 0 radical (unpaired) electrons. The van der Waals surface area contributed by atoms with Crippen LogP contribution in [0.4, 0.5) is 0 Å². The number of nitrogens with two attached hydrogens (primary N) is 1. The molecule has 1 aromatic heterocycles. The van der Waals surface area contributed by atoms with Crippen molar-refractivity contribution in [1.82, 2.24) is 4.98 Å². The average Bonchev–Trinajstić information content (AvgIpc) is 2.36. The molecule has 1 unspecified atom stereocenters. The van der Waals surface area contributed by atoms with E-state index in [4.69, 9.17) is 5.73 Å². The highest BCUT2D eigenvalue weighted by molar-refractivity contribution is 7.99. The lowest BCUT2D eigenvalue weighted by Crippen LogP contribution is -2.33. The van der Waals surface area contributed by atoms with Crippen LogP contribution in [-0.4, -0.2) is 16.8 Å². The van der Waals surface area contributed by atoms with Crippen LogP contribution >= 0.6 is 11.8 Å². The lowest BCUT2D eigenvalue weighted by atomic mass is 9.85. The fourth-order valence-electron chi connectivity index (χ4n) is 2.76. The predicted octanol–water partition coefficient (Wildman–Crippen LogP) is 3.70. The first kappa shape index (κ1) is 13.9. The molecule has 1 fully saturated rings. The van der Waals surface area contributed by atoms with Gasteiger partial charge in [-0.25, -0.2) is 4.98 Å². The van der Waals surface area contributed by atoms with Crippen molar-refractivity contribution in [2.75, 3.05) is 5.75 Å². The van der Waals surface area contributed by atoms with Gasteiger partial charge in [0.1, 0.15) is 0 Å². The number of pyridine rings is 1. The van der Waals surface area contributed by atoms with E-state index < -0.39 is 0 Å². The van der Waals surface area contributed by atoms with Gasteiger partial charge in [0, 0.05) is 17.5 Å². The summed E-state index contributed by atoms with van der Waals surface area (Å²) in [5.41, 5.74) is 8.71. The highest BCUT2D eigenvalue weighted by Crippen LogP contribution is 2.28. The van der Waals surface area contributed by atoms with Gasteiger partial charge in [-0.2, -0.15) is 0 Å². The third-order valence-corrected chi connectivity index (χ3v) is 4.81. The molecule has 0 aromatic carbocycles. The Morgan fingerprint density at radius 2 is 2.00 bits per heavy atom. The van der Waals surface area contributed by atoms with Crippen molar-refractivity contribution in [3.63, 3.8) is 0 Å². The predicted molar refractivity (Wildman–Crippen MR) is 79.0 cm³/mol. The number of rotatable bonds is 4. The monoisotopic (exact) mass is 264 g/mol. The van der Waals surface area contributed by atoms with Crippen molar-refractivity contribution >= 4 is 11.8 Å². The molecule has 1 aliphatic rings. The minimum Gasteiger partial charge on any atom is -0.327 e. The third kappa shape index (κ3) is 3.99. The summed E-state index contributed by atoms with van der Waals surface area (Å²) in [6.45, 7) is 4.18. The highest BCUT2D eigenvalue weighted by atomic mass is 32.2. The SMILES string of the molecule is Cc1cc(C)nc(SCC(N)C2CCCCC2)c1. The fraction of sp³-hybridized carbons (Fsp3) is 0.667. The molecule has 2 N–H and O–H groups in total. The van der Waals surface area contributed by atoms with Crippen LogP contribution in [0, 0.1) is 19.8 Å². The first-order valence-corrected chi connectivity index (χ1v) is 7.97. The Labute approximate surface area is 115 Å². The molecule has 100 valence electrons. The molecule has 0 aliphatic heterocycles. The van der Waals surface area contributed by atoms with Crippen molar-refractivity contribution in [2.45, 2.75) is 57.0 Å². The van der Waals surface area contributed by atoms with E-state index in [1.165, 1.54) is 37.7 Å². The zero-order valence-corrected chi connectivity index (χ0v) is 12.3. The first-order chi connectivity index (χ1) is 8.65. The van der Waals surface area contributed by atoms with Crippen LogP contribution < -0.4 is 5.73 Å². The molecule has 18 heavy (non-hydrogen) atoms. The van der Waals surface area contributed by atoms with E-state index in [1.807, 2.05) is 11.8 Å². The van der Waals surface area contributed by atoms with E-state index in [1.54, 1.807) is 0 Å². The molecule has 2 nitrogen and oxygen atoms in total. The lowest BCUT2D eigenvalue weighted by Gasteiger charge is -2.27. The van der Waals surface area contributed by atoms with Crippen LogP contribution in [0.5, 0.6) is 0 Å². The van der Waals surface area contributed by atoms with Gasteiger partial charge in [-0.3, -0.25) is 0 Å². The van der Waals surface area contributed by atoms with Gasteiger partial charge in [0.15, 0.2) is 0 Å². The molecule has 1 saturated carbocycles. The Morgan fingerprint density at radius 3 is 2.67 bits per heavy atom. The lowest BCUT2D eigenvalue weighted by molar-refractivity contribution is 0.319. The standard InChI is InChI=1S/C15H24N2S/c1-11-8-12(2)17-15(9-11)18-10-14(16)13-6-4-3-5-7-13/h8-9,13-14H,3-7,10,16H2,1-2H3.